The molecule has 2 aromatic rings. The summed E-state index contributed by atoms with van der Waals surface area (Å²) in [6, 6.07) is 12.6. The molecule has 9 heteroatoms. The molecule has 0 bridgehead atoms. The number of nitrogens with one attached hydrogen (secondary N) is 3. The van der Waals surface area contributed by atoms with Crippen molar-refractivity contribution in [2.45, 2.75) is 38.4 Å². The predicted octanol–water partition coefficient (Wildman–Crippen LogP) is 3.26. The number of piperidine rings is 1. The third-order valence-electron chi connectivity index (χ3n) is 5.53. The van der Waals surface area contributed by atoms with Gasteiger partial charge < -0.3 is 16.0 Å². The zero-order valence-corrected chi connectivity index (χ0v) is 18.2. The molecule has 2 aromatic carbocycles. The van der Waals surface area contributed by atoms with E-state index in [9.17, 15) is 18.0 Å². The van der Waals surface area contributed by atoms with E-state index in [1.807, 2.05) is 18.2 Å². The van der Waals surface area contributed by atoms with E-state index in [4.69, 9.17) is 0 Å². The van der Waals surface area contributed by atoms with Crippen LogP contribution in [0.1, 0.15) is 25.3 Å². The number of benzene rings is 2. The third kappa shape index (κ3) is 6.23. The Balaban J connectivity index is 1.46. The van der Waals surface area contributed by atoms with Crippen LogP contribution in [-0.2, 0) is 11.3 Å². The summed E-state index contributed by atoms with van der Waals surface area (Å²) in [5.41, 5.74) is 0.866. The van der Waals surface area contributed by atoms with Crippen molar-refractivity contribution in [3.8, 4) is 0 Å². The van der Waals surface area contributed by atoms with Crippen molar-refractivity contribution in [3.05, 3.63) is 65.5 Å². The second kappa shape index (κ2) is 11.0. The number of carbonyl (C=O) groups excluding carboxylic acids is 1. The molecule has 172 valence electrons. The van der Waals surface area contributed by atoms with Gasteiger partial charge in [-0.05, 0) is 37.5 Å². The summed E-state index contributed by atoms with van der Waals surface area (Å²) in [5.74, 6) is -4.53. The molecule has 2 atom stereocenters. The molecule has 3 N–H and O–H groups in total. The van der Waals surface area contributed by atoms with E-state index in [0.717, 1.165) is 38.1 Å². The van der Waals surface area contributed by atoms with E-state index < -0.39 is 29.0 Å². The fourth-order valence-corrected chi connectivity index (χ4v) is 3.77. The molecule has 0 radical (unpaired) electrons. The lowest BCUT2D eigenvalue weighted by atomic mass is 9.97. The molecule has 32 heavy (non-hydrogen) atoms. The van der Waals surface area contributed by atoms with E-state index in [-0.39, 0.29) is 12.6 Å². The van der Waals surface area contributed by atoms with Gasteiger partial charge in [-0.15, -0.1) is 0 Å². The number of rotatable bonds is 6. The van der Waals surface area contributed by atoms with Crippen molar-refractivity contribution in [1.29, 1.82) is 0 Å². The SMILES string of the molecule is CN=C(NCC(=O)Nc1ccc(F)c(F)c1F)NC1CCN(Cc2ccccc2)C(C)C1. The summed E-state index contributed by atoms with van der Waals surface area (Å²) in [6.07, 6.45) is 1.84. The highest BCUT2D eigenvalue weighted by molar-refractivity contribution is 5.95. The standard InChI is InChI=1S/C23H28F3N5O/c1-15-12-17(10-11-31(15)14-16-6-4-3-5-7-16)29-23(27-2)28-13-20(32)30-19-9-8-18(24)21(25)22(19)26/h3-9,15,17H,10-14H2,1-2H3,(H,30,32)(H2,27,28,29). The van der Waals surface area contributed by atoms with Gasteiger partial charge in [0.15, 0.2) is 23.4 Å². The summed E-state index contributed by atoms with van der Waals surface area (Å²) < 4.78 is 40.0. The van der Waals surface area contributed by atoms with Crippen LogP contribution in [0.2, 0.25) is 0 Å². The lowest BCUT2D eigenvalue weighted by Gasteiger charge is -2.38. The van der Waals surface area contributed by atoms with Gasteiger partial charge in [0.2, 0.25) is 5.91 Å². The molecule has 1 heterocycles. The second-order valence-corrected chi connectivity index (χ2v) is 7.87. The first-order chi connectivity index (χ1) is 15.4. The molecule has 2 unspecified atom stereocenters. The second-order valence-electron chi connectivity index (χ2n) is 7.87. The molecule has 0 aromatic heterocycles. The molecule has 0 saturated carbocycles. The Labute approximate surface area is 185 Å². The Morgan fingerprint density at radius 1 is 1.12 bits per heavy atom. The first kappa shape index (κ1) is 23.6. The summed E-state index contributed by atoms with van der Waals surface area (Å²) >= 11 is 0. The van der Waals surface area contributed by atoms with Crippen molar-refractivity contribution in [2.75, 3.05) is 25.5 Å². The first-order valence-electron chi connectivity index (χ1n) is 10.6. The minimum absolute atomic E-state index is 0.190. The van der Waals surface area contributed by atoms with Crippen molar-refractivity contribution < 1.29 is 18.0 Å². The van der Waals surface area contributed by atoms with Gasteiger partial charge in [-0.3, -0.25) is 14.7 Å². The molecule has 3 rings (SSSR count). The number of likely N-dealkylation sites (tertiary alicyclic amines) is 1. The van der Waals surface area contributed by atoms with E-state index >= 15 is 0 Å². The van der Waals surface area contributed by atoms with Gasteiger partial charge in [0, 0.05) is 32.2 Å². The largest absolute Gasteiger partial charge is 0.354 e. The maximum Gasteiger partial charge on any atom is 0.243 e. The van der Waals surface area contributed by atoms with Gasteiger partial charge in [-0.1, -0.05) is 30.3 Å². The summed E-state index contributed by atoms with van der Waals surface area (Å²) in [5, 5.41) is 8.41. The number of hydrogen-bond acceptors (Lipinski definition) is 3. The van der Waals surface area contributed by atoms with Crippen molar-refractivity contribution in [2.24, 2.45) is 4.99 Å². The number of hydrogen-bond donors (Lipinski definition) is 3. The Morgan fingerprint density at radius 2 is 1.88 bits per heavy atom. The maximum absolute atomic E-state index is 13.7. The van der Waals surface area contributed by atoms with Crippen LogP contribution in [0.25, 0.3) is 0 Å². The van der Waals surface area contributed by atoms with E-state index in [0.29, 0.717) is 12.0 Å². The van der Waals surface area contributed by atoms with Crippen LogP contribution in [0.3, 0.4) is 0 Å². The summed E-state index contributed by atoms with van der Waals surface area (Å²) in [4.78, 5) is 18.7. The van der Waals surface area contributed by atoms with Crippen LogP contribution in [0.5, 0.6) is 0 Å². The van der Waals surface area contributed by atoms with Crippen LogP contribution in [0.15, 0.2) is 47.5 Å². The van der Waals surface area contributed by atoms with Crippen LogP contribution in [-0.4, -0.2) is 49.0 Å². The number of halogens is 3. The molecular formula is C23H28F3N5O. The number of carbonyl (C=O) groups is 1. The lowest BCUT2D eigenvalue weighted by Crippen LogP contribution is -2.52. The highest BCUT2D eigenvalue weighted by Gasteiger charge is 2.26. The van der Waals surface area contributed by atoms with E-state index in [2.05, 4.69) is 44.9 Å². The van der Waals surface area contributed by atoms with E-state index in [1.165, 1.54) is 5.56 Å². The third-order valence-corrected chi connectivity index (χ3v) is 5.53. The zero-order valence-electron chi connectivity index (χ0n) is 18.2. The van der Waals surface area contributed by atoms with Gasteiger partial charge in [0.1, 0.15) is 0 Å². The van der Waals surface area contributed by atoms with Crippen LogP contribution >= 0.6 is 0 Å². The van der Waals surface area contributed by atoms with Crippen molar-refractivity contribution in [1.82, 2.24) is 15.5 Å². The molecule has 6 nitrogen and oxygen atoms in total. The molecular weight excluding hydrogens is 419 g/mol. The van der Waals surface area contributed by atoms with Crippen LogP contribution in [0.4, 0.5) is 18.9 Å². The zero-order chi connectivity index (χ0) is 23.1. The van der Waals surface area contributed by atoms with Gasteiger partial charge in [0.25, 0.3) is 0 Å². The fraction of sp³-hybridized carbons (Fsp3) is 0.391. The maximum atomic E-state index is 13.7. The normalized spacial score (nSPS) is 19.5. The topological polar surface area (TPSA) is 68.8 Å². The van der Waals surface area contributed by atoms with Crippen molar-refractivity contribution in [3.63, 3.8) is 0 Å². The number of aliphatic imine (C=N–C) groups is 1. The average Bonchev–Trinajstić information content (AvgIpc) is 2.79. The summed E-state index contributed by atoms with van der Waals surface area (Å²) in [7, 11) is 1.59. The highest BCUT2D eigenvalue weighted by atomic mass is 19.2. The van der Waals surface area contributed by atoms with Crippen LogP contribution in [0, 0.1) is 17.5 Å². The lowest BCUT2D eigenvalue weighted by molar-refractivity contribution is -0.115. The molecule has 1 saturated heterocycles. The number of guanidine groups is 1. The minimum Gasteiger partial charge on any atom is -0.354 e. The van der Waals surface area contributed by atoms with Gasteiger partial charge >= 0.3 is 0 Å². The number of nitrogens with zero attached hydrogens (tertiary/aromatic N) is 2. The number of amides is 1. The molecule has 0 spiro atoms. The van der Waals surface area contributed by atoms with Gasteiger partial charge in [-0.25, -0.2) is 13.2 Å². The van der Waals surface area contributed by atoms with Crippen LogP contribution < -0.4 is 16.0 Å². The molecule has 1 fully saturated rings. The monoisotopic (exact) mass is 447 g/mol. The molecule has 1 aliphatic rings. The Bertz CT molecular complexity index is 954. The highest BCUT2D eigenvalue weighted by Crippen LogP contribution is 2.20. The molecule has 0 aliphatic carbocycles. The molecule has 1 amide bonds. The smallest absolute Gasteiger partial charge is 0.243 e. The quantitative estimate of drug-likeness (QED) is 0.361. The molecule has 1 aliphatic heterocycles. The van der Waals surface area contributed by atoms with Gasteiger partial charge in [-0.2, -0.15) is 0 Å². The predicted molar refractivity (Wildman–Crippen MR) is 119 cm³/mol. The van der Waals surface area contributed by atoms with Crippen molar-refractivity contribution >= 4 is 17.6 Å². The fourth-order valence-electron chi connectivity index (χ4n) is 3.77. The Morgan fingerprint density at radius 3 is 2.56 bits per heavy atom. The van der Waals surface area contributed by atoms with Gasteiger partial charge in [0.05, 0.1) is 12.2 Å². The Hall–Kier alpha value is -3.07. The average molecular weight is 448 g/mol. The summed E-state index contributed by atoms with van der Waals surface area (Å²) in [6.45, 7) is 3.82. The minimum atomic E-state index is -1.62. The van der Waals surface area contributed by atoms with E-state index in [1.54, 1.807) is 7.05 Å². The number of anilines is 1. The first-order valence-corrected chi connectivity index (χ1v) is 10.6. The Kier molecular flexibility index (Phi) is 8.10.